The van der Waals surface area contributed by atoms with Crippen molar-refractivity contribution in [2.45, 2.75) is 19.9 Å². The van der Waals surface area contributed by atoms with Gasteiger partial charge in [0.15, 0.2) is 0 Å². The van der Waals surface area contributed by atoms with E-state index in [1.54, 1.807) is 0 Å². The first-order valence-electron chi connectivity index (χ1n) is 5.02. The van der Waals surface area contributed by atoms with Gasteiger partial charge in [-0.1, -0.05) is 12.1 Å². The lowest BCUT2D eigenvalue weighted by molar-refractivity contribution is 0.528. The fraction of sp³-hybridized carbons (Fsp3) is 0.417. The summed E-state index contributed by atoms with van der Waals surface area (Å²) >= 11 is 2.29. The molecule has 1 rings (SSSR count). The molecule has 1 aromatic carbocycles. The minimum atomic E-state index is 0.0660. The Kier molecular flexibility index (Phi) is 5.06. The van der Waals surface area contributed by atoms with Gasteiger partial charge in [-0.2, -0.15) is 5.26 Å². The third-order valence-corrected chi connectivity index (χ3v) is 3.04. The van der Waals surface area contributed by atoms with Crippen molar-refractivity contribution in [3.63, 3.8) is 0 Å². The lowest BCUT2D eigenvalue weighted by Crippen LogP contribution is -2.23. The topological polar surface area (TPSA) is 35.8 Å². The van der Waals surface area contributed by atoms with E-state index >= 15 is 0 Å². The minimum absolute atomic E-state index is 0.0660. The second-order valence-electron chi connectivity index (χ2n) is 3.71. The first-order chi connectivity index (χ1) is 7.13. The quantitative estimate of drug-likeness (QED) is 0.867. The highest BCUT2D eigenvalue weighted by molar-refractivity contribution is 14.1. The smallest absolute Gasteiger partial charge is 0.0666 e. The molecule has 1 N–H and O–H groups in total. The first kappa shape index (κ1) is 12.5. The van der Waals surface area contributed by atoms with Crippen LogP contribution >= 0.6 is 22.6 Å². The molecule has 0 aliphatic rings. The number of nitrogens with zero attached hydrogens (tertiary/aromatic N) is 1. The average molecular weight is 314 g/mol. The molecule has 0 heterocycles. The maximum absolute atomic E-state index is 8.66. The van der Waals surface area contributed by atoms with Crippen LogP contribution in [0.3, 0.4) is 0 Å². The van der Waals surface area contributed by atoms with Crippen molar-refractivity contribution in [1.82, 2.24) is 5.32 Å². The van der Waals surface area contributed by atoms with Gasteiger partial charge in [0.25, 0.3) is 0 Å². The molecule has 0 aliphatic carbocycles. The van der Waals surface area contributed by atoms with E-state index in [0.717, 1.165) is 6.54 Å². The number of hydrogen-bond acceptors (Lipinski definition) is 2. The monoisotopic (exact) mass is 314 g/mol. The van der Waals surface area contributed by atoms with E-state index in [1.807, 2.05) is 6.92 Å². The van der Waals surface area contributed by atoms with Crippen molar-refractivity contribution in [2.24, 2.45) is 5.92 Å². The van der Waals surface area contributed by atoms with Gasteiger partial charge in [-0.25, -0.2) is 0 Å². The molecule has 2 nitrogen and oxygen atoms in total. The van der Waals surface area contributed by atoms with Crippen LogP contribution in [0.4, 0.5) is 0 Å². The molecule has 0 aliphatic heterocycles. The van der Waals surface area contributed by atoms with Crippen LogP contribution in [0.15, 0.2) is 24.3 Å². The Hall–Kier alpha value is -0.600. The summed E-state index contributed by atoms with van der Waals surface area (Å²) in [6.45, 7) is 4.78. The molecule has 15 heavy (non-hydrogen) atoms. The second-order valence-corrected chi connectivity index (χ2v) is 4.96. The van der Waals surface area contributed by atoms with Crippen molar-refractivity contribution in [3.05, 3.63) is 33.4 Å². The molecule has 0 radical (unpaired) electrons. The van der Waals surface area contributed by atoms with E-state index < -0.39 is 0 Å². The second kappa shape index (κ2) is 6.09. The summed E-state index contributed by atoms with van der Waals surface area (Å²) in [5, 5.41) is 12.0. The van der Waals surface area contributed by atoms with E-state index in [0.29, 0.717) is 6.04 Å². The van der Waals surface area contributed by atoms with Crippen LogP contribution in [0.1, 0.15) is 25.5 Å². The summed E-state index contributed by atoms with van der Waals surface area (Å²) in [5.74, 6) is 0.0660. The van der Waals surface area contributed by atoms with Crippen LogP contribution < -0.4 is 5.32 Å². The lowest BCUT2D eigenvalue weighted by Gasteiger charge is -2.15. The Morgan fingerprint density at radius 1 is 1.33 bits per heavy atom. The van der Waals surface area contributed by atoms with Gasteiger partial charge in [-0.05, 0) is 54.1 Å². The molecule has 3 heteroatoms. The zero-order valence-electron chi connectivity index (χ0n) is 9.00. The molecule has 1 aromatic rings. The molecular weight excluding hydrogens is 299 g/mol. The summed E-state index contributed by atoms with van der Waals surface area (Å²) in [6, 6.07) is 11.0. The summed E-state index contributed by atoms with van der Waals surface area (Å²) in [6.07, 6.45) is 0. The molecule has 2 atom stereocenters. The normalized spacial score (nSPS) is 14.3. The molecule has 0 bridgehead atoms. The predicted octanol–water partition coefficient (Wildman–Crippen LogP) is 3.10. The predicted molar refractivity (Wildman–Crippen MR) is 70.4 cm³/mol. The molecule has 0 aromatic heterocycles. The Bertz CT molecular complexity index is 340. The highest BCUT2D eigenvalue weighted by Gasteiger charge is 2.06. The van der Waals surface area contributed by atoms with Crippen LogP contribution in [0, 0.1) is 20.8 Å². The van der Waals surface area contributed by atoms with Gasteiger partial charge in [-0.15, -0.1) is 0 Å². The molecule has 2 unspecified atom stereocenters. The molecule has 80 valence electrons. The number of rotatable bonds is 4. The van der Waals surface area contributed by atoms with Crippen LogP contribution in [-0.4, -0.2) is 6.54 Å². The van der Waals surface area contributed by atoms with Crippen LogP contribution in [0.25, 0.3) is 0 Å². The zero-order chi connectivity index (χ0) is 11.3. The fourth-order valence-electron chi connectivity index (χ4n) is 1.27. The third-order valence-electron chi connectivity index (χ3n) is 2.32. The molecular formula is C12H15IN2. The van der Waals surface area contributed by atoms with Gasteiger partial charge in [0.2, 0.25) is 0 Å². The molecule has 0 amide bonds. The van der Waals surface area contributed by atoms with Gasteiger partial charge in [0.1, 0.15) is 0 Å². The van der Waals surface area contributed by atoms with Crippen molar-refractivity contribution >= 4 is 22.6 Å². The molecule has 0 spiro atoms. The minimum Gasteiger partial charge on any atom is -0.309 e. The lowest BCUT2D eigenvalue weighted by atomic mass is 10.1. The largest absolute Gasteiger partial charge is 0.309 e. The Morgan fingerprint density at radius 3 is 2.47 bits per heavy atom. The van der Waals surface area contributed by atoms with Gasteiger partial charge in [-0.3, -0.25) is 0 Å². The molecule has 0 saturated carbocycles. The van der Waals surface area contributed by atoms with Crippen LogP contribution in [0.5, 0.6) is 0 Å². The van der Waals surface area contributed by atoms with Gasteiger partial charge in [0.05, 0.1) is 12.0 Å². The van der Waals surface area contributed by atoms with Gasteiger partial charge >= 0.3 is 0 Å². The number of benzene rings is 1. The van der Waals surface area contributed by atoms with Crippen molar-refractivity contribution in [3.8, 4) is 6.07 Å². The maximum Gasteiger partial charge on any atom is 0.0666 e. The number of halogens is 1. The fourth-order valence-corrected chi connectivity index (χ4v) is 1.63. The third kappa shape index (κ3) is 4.18. The summed E-state index contributed by atoms with van der Waals surface area (Å²) in [4.78, 5) is 0. The molecule has 0 saturated heterocycles. The zero-order valence-corrected chi connectivity index (χ0v) is 11.2. The SMILES string of the molecule is CC(C#N)CNC(C)c1ccc(I)cc1. The van der Waals surface area contributed by atoms with E-state index in [2.05, 4.69) is 65.2 Å². The van der Waals surface area contributed by atoms with Crippen molar-refractivity contribution in [2.75, 3.05) is 6.54 Å². The first-order valence-corrected chi connectivity index (χ1v) is 6.10. The van der Waals surface area contributed by atoms with Gasteiger partial charge in [0, 0.05) is 16.2 Å². The van der Waals surface area contributed by atoms with E-state index in [-0.39, 0.29) is 5.92 Å². The van der Waals surface area contributed by atoms with Crippen molar-refractivity contribution in [1.29, 1.82) is 5.26 Å². The van der Waals surface area contributed by atoms with Crippen molar-refractivity contribution < 1.29 is 0 Å². The highest BCUT2D eigenvalue weighted by atomic mass is 127. The summed E-state index contributed by atoms with van der Waals surface area (Å²) < 4.78 is 1.24. The maximum atomic E-state index is 8.66. The summed E-state index contributed by atoms with van der Waals surface area (Å²) in [7, 11) is 0. The standard InChI is InChI=1S/C12H15IN2/c1-9(7-14)8-15-10(2)11-3-5-12(13)6-4-11/h3-6,9-10,15H,8H2,1-2H3. The van der Waals surface area contributed by atoms with Gasteiger partial charge < -0.3 is 5.32 Å². The average Bonchev–Trinajstić information content (AvgIpc) is 2.26. The highest BCUT2D eigenvalue weighted by Crippen LogP contribution is 2.14. The Morgan fingerprint density at radius 2 is 1.93 bits per heavy atom. The Balaban J connectivity index is 2.51. The van der Waals surface area contributed by atoms with E-state index in [1.165, 1.54) is 9.13 Å². The Labute approximate surface area is 105 Å². The summed E-state index contributed by atoms with van der Waals surface area (Å²) in [5.41, 5.74) is 1.26. The van der Waals surface area contributed by atoms with Crippen LogP contribution in [-0.2, 0) is 0 Å². The number of nitriles is 1. The van der Waals surface area contributed by atoms with E-state index in [9.17, 15) is 0 Å². The number of nitrogens with one attached hydrogen (secondary N) is 1. The number of hydrogen-bond donors (Lipinski definition) is 1. The van der Waals surface area contributed by atoms with Crippen LogP contribution in [0.2, 0.25) is 0 Å². The van der Waals surface area contributed by atoms with E-state index in [4.69, 9.17) is 5.26 Å². The molecule has 0 fully saturated rings.